The molecule has 1 N–H and O–H groups in total. The highest BCUT2D eigenvalue weighted by molar-refractivity contribution is 5.94. The summed E-state index contributed by atoms with van der Waals surface area (Å²) in [5, 5.41) is 1.18. The monoisotopic (exact) mass is 348 g/mol. The molecule has 1 aliphatic heterocycles. The number of carbonyl (C=O) groups is 1. The number of nitrogens with zero attached hydrogens (tertiary/aromatic N) is 1. The molecular formula is C22H24N2O2. The predicted octanol–water partition coefficient (Wildman–Crippen LogP) is 4.50. The third kappa shape index (κ3) is 3.19. The van der Waals surface area contributed by atoms with Gasteiger partial charge >= 0.3 is 0 Å². The van der Waals surface area contributed by atoms with Gasteiger partial charge in [-0.2, -0.15) is 0 Å². The summed E-state index contributed by atoms with van der Waals surface area (Å²) >= 11 is 0. The molecule has 0 bridgehead atoms. The summed E-state index contributed by atoms with van der Waals surface area (Å²) in [6, 6.07) is 16.2. The number of hydrogen-bond acceptors (Lipinski definition) is 2. The SMILES string of the molecule is COc1ccc2[nH]c(C3CCN(C(=O)c4cccc(C)c4)CC3)cc2c1. The van der Waals surface area contributed by atoms with E-state index in [9.17, 15) is 4.79 Å². The second kappa shape index (κ2) is 6.87. The maximum atomic E-state index is 12.7. The number of H-pyrrole nitrogens is 1. The summed E-state index contributed by atoms with van der Waals surface area (Å²) in [6.45, 7) is 3.63. The van der Waals surface area contributed by atoms with E-state index < -0.39 is 0 Å². The average Bonchev–Trinajstić information content (AvgIpc) is 3.10. The van der Waals surface area contributed by atoms with Crippen molar-refractivity contribution >= 4 is 16.8 Å². The second-order valence-electron chi connectivity index (χ2n) is 7.11. The molecule has 0 aliphatic carbocycles. The lowest BCUT2D eigenvalue weighted by Crippen LogP contribution is -2.38. The quantitative estimate of drug-likeness (QED) is 0.757. The Labute approximate surface area is 153 Å². The molecule has 1 amide bonds. The zero-order chi connectivity index (χ0) is 18.1. The molecule has 134 valence electrons. The van der Waals surface area contributed by atoms with Crippen LogP contribution >= 0.6 is 0 Å². The fourth-order valence-electron chi connectivity index (χ4n) is 3.83. The lowest BCUT2D eigenvalue weighted by Gasteiger charge is -2.31. The Hall–Kier alpha value is -2.75. The Balaban J connectivity index is 1.45. The lowest BCUT2D eigenvalue weighted by atomic mass is 9.93. The number of hydrogen-bond donors (Lipinski definition) is 1. The molecule has 2 aromatic carbocycles. The van der Waals surface area contributed by atoms with E-state index in [0.29, 0.717) is 5.92 Å². The van der Waals surface area contributed by atoms with E-state index in [1.54, 1.807) is 7.11 Å². The van der Waals surface area contributed by atoms with Crippen LogP contribution in [0.2, 0.25) is 0 Å². The number of benzene rings is 2. The number of carbonyl (C=O) groups excluding carboxylic acids is 1. The van der Waals surface area contributed by atoms with Gasteiger partial charge in [0, 0.05) is 41.2 Å². The van der Waals surface area contributed by atoms with E-state index >= 15 is 0 Å². The minimum absolute atomic E-state index is 0.147. The Morgan fingerprint density at radius 1 is 1.12 bits per heavy atom. The van der Waals surface area contributed by atoms with Gasteiger partial charge in [-0.1, -0.05) is 17.7 Å². The third-order valence-electron chi connectivity index (χ3n) is 5.34. The first-order chi connectivity index (χ1) is 12.6. The van der Waals surface area contributed by atoms with Gasteiger partial charge in [-0.15, -0.1) is 0 Å². The summed E-state index contributed by atoms with van der Waals surface area (Å²) in [6.07, 6.45) is 1.98. The van der Waals surface area contributed by atoms with Gasteiger partial charge in [-0.05, 0) is 56.2 Å². The number of amides is 1. The molecule has 0 unspecified atom stereocenters. The smallest absolute Gasteiger partial charge is 0.253 e. The van der Waals surface area contributed by atoms with Crippen LogP contribution < -0.4 is 4.74 Å². The minimum Gasteiger partial charge on any atom is -0.497 e. The summed E-state index contributed by atoms with van der Waals surface area (Å²) in [5.74, 6) is 1.49. The number of likely N-dealkylation sites (tertiary alicyclic amines) is 1. The molecule has 1 aliphatic rings. The zero-order valence-electron chi connectivity index (χ0n) is 15.3. The number of methoxy groups -OCH3 is 1. The molecule has 2 heterocycles. The number of aromatic amines is 1. The number of ether oxygens (including phenoxy) is 1. The van der Waals surface area contributed by atoms with Crippen molar-refractivity contribution in [3.05, 3.63) is 65.4 Å². The molecule has 0 saturated carbocycles. The Bertz CT molecular complexity index is 936. The molecule has 26 heavy (non-hydrogen) atoms. The number of piperidine rings is 1. The summed E-state index contributed by atoms with van der Waals surface area (Å²) in [4.78, 5) is 18.2. The molecule has 3 aromatic rings. The lowest BCUT2D eigenvalue weighted by molar-refractivity contribution is 0.0712. The average molecular weight is 348 g/mol. The third-order valence-corrected chi connectivity index (χ3v) is 5.34. The van der Waals surface area contributed by atoms with Crippen LogP contribution in [0, 0.1) is 6.92 Å². The Morgan fingerprint density at radius 2 is 1.92 bits per heavy atom. The molecule has 1 fully saturated rings. The first-order valence-corrected chi connectivity index (χ1v) is 9.16. The first kappa shape index (κ1) is 16.7. The van der Waals surface area contributed by atoms with Crippen LogP contribution in [0.4, 0.5) is 0 Å². The number of rotatable bonds is 3. The molecule has 4 heteroatoms. The molecule has 0 spiro atoms. The van der Waals surface area contributed by atoms with E-state index in [-0.39, 0.29) is 5.91 Å². The summed E-state index contributed by atoms with van der Waals surface area (Å²) in [5.41, 5.74) is 4.32. The van der Waals surface area contributed by atoms with Gasteiger partial charge < -0.3 is 14.6 Å². The van der Waals surface area contributed by atoms with E-state index in [1.165, 1.54) is 11.1 Å². The maximum Gasteiger partial charge on any atom is 0.253 e. The van der Waals surface area contributed by atoms with Crippen LogP contribution in [0.15, 0.2) is 48.5 Å². The number of fused-ring (bicyclic) bond motifs is 1. The van der Waals surface area contributed by atoms with Gasteiger partial charge in [-0.25, -0.2) is 0 Å². The second-order valence-corrected chi connectivity index (χ2v) is 7.11. The van der Waals surface area contributed by atoms with Gasteiger partial charge in [0.2, 0.25) is 0 Å². The van der Waals surface area contributed by atoms with E-state index in [0.717, 1.165) is 48.3 Å². The Kier molecular flexibility index (Phi) is 4.41. The van der Waals surface area contributed by atoms with E-state index in [1.807, 2.05) is 42.2 Å². The predicted molar refractivity (Wildman–Crippen MR) is 104 cm³/mol. The van der Waals surface area contributed by atoms with Crippen molar-refractivity contribution in [1.29, 1.82) is 0 Å². The minimum atomic E-state index is 0.147. The first-order valence-electron chi connectivity index (χ1n) is 9.16. The molecule has 0 radical (unpaired) electrons. The van der Waals surface area contributed by atoms with Crippen molar-refractivity contribution in [2.45, 2.75) is 25.7 Å². The van der Waals surface area contributed by atoms with Crippen molar-refractivity contribution in [2.24, 2.45) is 0 Å². The van der Waals surface area contributed by atoms with Crippen LogP contribution in [0.25, 0.3) is 10.9 Å². The van der Waals surface area contributed by atoms with E-state index in [2.05, 4.69) is 23.2 Å². The zero-order valence-corrected chi connectivity index (χ0v) is 15.3. The Morgan fingerprint density at radius 3 is 2.65 bits per heavy atom. The van der Waals surface area contributed by atoms with Gasteiger partial charge in [0.15, 0.2) is 0 Å². The van der Waals surface area contributed by atoms with Crippen molar-refractivity contribution in [3.8, 4) is 5.75 Å². The van der Waals surface area contributed by atoms with Gasteiger partial charge in [0.25, 0.3) is 5.91 Å². The van der Waals surface area contributed by atoms with Crippen LogP contribution in [-0.2, 0) is 0 Å². The van der Waals surface area contributed by atoms with Crippen LogP contribution in [0.3, 0.4) is 0 Å². The van der Waals surface area contributed by atoms with Crippen molar-refractivity contribution < 1.29 is 9.53 Å². The fraction of sp³-hybridized carbons (Fsp3) is 0.318. The van der Waals surface area contributed by atoms with Crippen LogP contribution in [0.1, 0.15) is 40.4 Å². The van der Waals surface area contributed by atoms with Gasteiger partial charge in [-0.3, -0.25) is 4.79 Å². The van der Waals surface area contributed by atoms with Crippen LogP contribution in [0.5, 0.6) is 5.75 Å². The van der Waals surface area contributed by atoms with Crippen LogP contribution in [-0.4, -0.2) is 36.0 Å². The van der Waals surface area contributed by atoms with Crippen molar-refractivity contribution in [1.82, 2.24) is 9.88 Å². The van der Waals surface area contributed by atoms with Gasteiger partial charge in [0.05, 0.1) is 7.11 Å². The largest absolute Gasteiger partial charge is 0.497 e. The molecule has 0 atom stereocenters. The maximum absolute atomic E-state index is 12.7. The summed E-state index contributed by atoms with van der Waals surface area (Å²) in [7, 11) is 1.69. The molecule has 1 saturated heterocycles. The number of nitrogens with one attached hydrogen (secondary N) is 1. The molecule has 4 rings (SSSR count). The normalized spacial score (nSPS) is 15.4. The molecule has 4 nitrogen and oxygen atoms in total. The number of aromatic nitrogens is 1. The fourth-order valence-corrected chi connectivity index (χ4v) is 3.83. The highest BCUT2D eigenvalue weighted by atomic mass is 16.5. The van der Waals surface area contributed by atoms with Crippen molar-refractivity contribution in [2.75, 3.05) is 20.2 Å². The highest BCUT2D eigenvalue weighted by Gasteiger charge is 2.25. The topological polar surface area (TPSA) is 45.3 Å². The van der Waals surface area contributed by atoms with E-state index in [4.69, 9.17) is 4.74 Å². The van der Waals surface area contributed by atoms with Gasteiger partial charge in [0.1, 0.15) is 5.75 Å². The highest BCUT2D eigenvalue weighted by Crippen LogP contribution is 2.31. The number of aryl methyl sites for hydroxylation is 1. The summed E-state index contributed by atoms with van der Waals surface area (Å²) < 4.78 is 5.31. The standard InChI is InChI=1S/C22H24N2O2/c1-15-4-3-5-17(12-15)22(25)24-10-8-16(9-11-24)21-14-18-13-19(26-2)6-7-20(18)23-21/h3-7,12-14,16,23H,8-11H2,1-2H3. The molecule has 1 aromatic heterocycles. The molecular weight excluding hydrogens is 324 g/mol. The van der Waals surface area contributed by atoms with Crippen molar-refractivity contribution in [3.63, 3.8) is 0 Å².